The summed E-state index contributed by atoms with van der Waals surface area (Å²) < 4.78 is 9.70. The second kappa shape index (κ2) is 7.17. The van der Waals surface area contributed by atoms with Crippen LogP contribution in [-0.2, 0) is 14.3 Å². The molecule has 1 rings (SSSR count). The summed E-state index contributed by atoms with van der Waals surface area (Å²) in [4.78, 5) is 24.5. The van der Waals surface area contributed by atoms with Crippen LogP contribution in [0.3, 0.4) is 0 Å². The Hall–Kier alpha value is -0.720. The van der Waals surface area contributed by atoms with Crippen molar-refractivity contribution in [2.75, 3.05) is 20.2 Å². The Balaban J connectivity index is 0.00000324. The molecule has 0 spiro atoms. The van der Waals surface area contributed by atoms with Crippen LogP contribution in [-0.4, -0.2) is 42.8 Å². The summed E-state index contributed by atoms with van der Waals surface area (Å²) in [6.07, 6.45) is -0.416. The molecule has 0 bridgehead atoms. The maximum Gasteiger partial charge on any atom is 1.00 e. The van der Waals surface area contributed by atoms with Crippen molar-refractivity contribution < 1.29 is 53.7 Å². The molecule has 0 saturated carbocycles. The third kappa shape index (κ3) is 5.42. The Morgan fingerprint density at radius 1 is 1.32 bits per heavy atom. The third-order valence-corrected chi connectivity index (χ3v) is 2.38. The van der Waals surface area contributed by atoms with Crippen LogP contribution in [0.4, 0.5) is 4.79 Å². The molecule has 19 heavy (non-hydrogen) atoms. The molecule has 0 aromatic carbocycles. The van der Waals surface area contributed by atoms with Crippen LogP contribution in [0.5, 0.6) is 0 Å². The van der Waals surface area contributed by atoms with Gasteiger partial charge in [-0.3, -0.25) is 0 Å². The molecule has 1 amide bonds. The first-order valence-electron chi connectivity index (χ1n) is 5.70. The Bertz CT molecular complexity index is 386. The van der Waals surface area contributed by atoms with E-state index in [1.165, 1.54) is 12.0 Å². The van der Waals surface area contributed by atoms with E-state index in [0.29, 0.717) is 0 Å². The van der Waals surface area contributed by atoms with Crippen molar-refractivity contribution in [1.82, 2.24) is 4.90 Å². The van der Waals surface area contributed by atoms with E-state index in [9.17, 15) is 14.7 Å². The average molecular weight is 279 g/mol. The van der Waals surface area contributed by atoms with Gasteiger partial charge in [-0.25, -0.2) is 9.59 Å². The summed E-state index contributed by atoms with van der Waals surface area (Å²) in [6.45, 7) is 5.47. The monoisotopic (exact) mass is 279 g/mol. The fraction of sp³-hybridized carbons (Fsp3) is 0.667. The van der Waals surface area contributed by atoms with Gasteiger partial charge in [0.05, 0.1) is 13.7 Å². The fourth-order valence-electron chi connectivity index (χ4n) is 1.53. The minimum atomic E-state index is -0.687. The summed E-state index contributed by atoms with van der Waals surface area (Å²) in [6, 6.07) is 0. The number of hydrogen-bond acceptors (Lipinski definition) is 5. The molecule has 1 aliphatic rings. The standard InChI is InChI=1S/C12H19NO5.Na/c1-12(2,3)18-11(16)13-6-5-9(14)8(7-13)10(15)17-4;/h14H,5-7H2,1-4H3;/q;+1/p-1. The molecular formula is C12H18NNaO5. The minimum absolute atomic E-state index is 0. The zero-order chi connectivity index (χ0) is 13.9. The average Bonchev–Trinajstić information content (AvgIpc) is 2.26. The molecule has 0 saturated heterocycles. The maximum atomic E-state index is 11.8. The fourth-order valence-corrected chi connectivity index (χ4v) is 1.53. The summed E-state index contributed by atoms with van der Waals surface area (Å²) in [7, 11) is 1.20. The van der Waals surface area contributed by atoms with Crippen molar-refractivity contribution in [2.24, 2.45) is 0 Å². The van der Waals surface area contributed by atoms with E-state index in [-0.39, 0.29) is 60.4 Å². The number of ether oxygens (including phenoxy) is 2. The van der Waals surface area contributed by atoms with Gasteiger partial charge in [-0.05, 0) is 27.2 Å². The third-order valence-electron chi connectivity index (χ3n) is 2.38. The van der Waals surface area contributed by atoms with Crippen LogP contribution < -0.4 is 34.7 Å². The number of carbonyl (C=O) groups excluding carboxylic acids is 2. The van der Waals surface area contributed by atoms with Crippen molar-refractivity contribution >= 4 is 12.1 Å². The number of carbonyl (C=O) groups is 2. The van der Waals surface area contributed by atoms with Gasteiger partial charge in [-0.15, -0.1) is 5.76 Å². The number of methoxy groups -OCH3 is 1. The van der Waals surface area contributed by atoms with Gasteiger partial charge in [0.25, 0.3) is 0 Å². The topological polar surface area (TPSA) is 78.9 Å². The van der Waals surface area contributed by atoms with Gasteiger partial charge in [0.2, 0.25) is 0 Å². The molecule has 0 aliphatic carbocycles. The van der Waals surface area contributed by atoms with Crippen molar-refractivity contribution in [3.8, 4) is 0 Å². The predicted molar refractivity (Wildman–Crippen MR) is 61.5 cm³/mol. The molecule has 0 aromatic heterocycles. The van der Waals surface area contributed by atoms with Crippen molar-refractivity contribution in [3.63, 3.8) is 0 Å². The summed E-state index contributed by atoms with van der Waals surface area (Å²) in [5.74, 6) is -0.963. The number of hydrogen-bond donors (Lipinski definition) is 0. The molecule has 0 atom stereocenters. The van der Waals surface area contributed by atoms with Crippen LogP contribution in [0.25, 0.3) is 0 Å². The summed E-state index contributed by atoms with van der Waals surface area (Å²) in [5.41, 5.74) is -0.612. The van der Waals surface area contributed by atoms with Crippen molar-refractivity contribution in [1.29, 1.82) is 0 Å². The second-order valence-electron chi connectivity index (χ2n) is 5.05. The first-order valence-corrected chi connectivity index (χ1v) is 5.70. The van der Waals surface area contributed by atoms with Crippen molar-refractivity contribution in [3.05, 3.63) is 11.3 Å². The largest absolute Gasteiger partial charge is 1.00 e. The van der Waals surface area contributed by atoms with Gasteiger partial charge in [0.15, 0.2) is 0 Å². The second-order valence-corrected chi connectivity index (χ2v) is 5.05. The Morgan fingerprint density at radius 2 is 1.89 bits per heavy atom. The zero-order valence-electron chi connectivity index (χ0n) is 12.1. The van der Waals surface area contributed by atoms with E-state index < -0.39 is 17.7 Å². The molecular weight excluding hydrogens is 261 g/mol. The predicted octanol–water partition coefficient (Wildman–Crippen LogP) is -2.58. The van der Waals surface area contributed by atoms with E-state index in [4.69, 9.17) is 4.74 Å². The molecule has 0 aromatic rings. The normalized spacial score (nSPS) is 15.7. The Morgan fingerprint density at radius 3 is 2.37 bits per heavy atom. The molecule has 1 heterocycles. The molecule has 7 heteroatoms. The van der Waals surface area contributed by atoms with Gasteiger partial charge < -0.3 is 19.5 Å². The molecule has 102 valence electrons. The van der Waals surface area contributed by atoms with E-state index >= 15 is 0 Å². The molecule has 0 fully saturated rings. The first-order chi connectivity index (χ1) is 8.24. The van der Waals surface area contributed by atoms with E-state index in [1.807, 2.05) is 0 Å². The van der Waals surface area contributed by atoms with Crippen LogP contribution >= 0.6 is 0 Å². The van der Waals surface area contributed by atoms with E-state index in [1.54, 1.807) is 20.8 Å². The quantitative estimate of drug-likeness (QED) is 0.389. The van der Waals surface area contributed by atoms with Gasteiger partial charge in [0, 0.05) is 12.1 Å². The maximum absolute atomic E-state index is 11.8. The van der Waals surface area contributed by atoms with E-state index in [2.05, 4.69) is 4.74 Å². The first kappa shape index (κ1) is 18.3. The zero-order valence-corrected chi connectivity index (χ0v) is 14.1. The van der Waals surface area contributed by atoms with Crippen LogP contribution in [0.1, 0.15) is 27.2 Å². The minimum Gasteiger partial charge on any atom is -0.875 e. The summed E-state index contributed by atoms with van der Waals surface area (Å²) >= 11 is 0. The molecule has 1 aliphatic heterocycles. The van der Waals surface area contributed by atoms with Crippen LogP contribution in [0.15, 0.2) is 11.3 Å². The van der Waals surface area contributed by atoms with Crippen LogP contribution in [0.2, 0.25) is 0 Å². The van der Waals surface area contributed by atoms with Gasteiger partial charge in [-0.1, -0.05) is 0 Å². The van der Waals surface area contributed by atoms with E-state index in [0.717, 1.165) is 0 Å². The van der Waals surface area contributed by atoms with Gasteiger partial charge in [-0.2, -0.15) is 0 Å². The number of nitrogens with zero attached hydrogens (tertiary/aromatic N) is 1. The van der Waals surface area contributed by atoms with Gasteiger partial charge >= 0.3 is 41.6 Å². The Labute approximate surface area is 135 Å². The Kier molecular flexibility index (Phi) is 6.89. The molecule has 0 N–H and O–H groups in total. The number of amides is 1. The molecule has 0 unspecified atom stereocenters. The smallest absolute Gasteiger partial charge is 0.875 e. The molecule has 6 nitrogen and oxygen atoms in total. The summed E-state index contributed by atoms with van der Waals surface area (Å²) in [5, 5.41) is 11.5. The number of rotatable bonds is 1. The van der Waals surface area contributed by atoms with Gasteiger partial charge in [0.1, 0.15) is 5.60 Å². The molecule has 0 radical (unpaired) electrons. The van der Waals surface area contributed by atoms with Crippen molar-refractivity contribution in [2.45, 2.75) is 32.8 Å². The van der Waals surface area contributed by atoms with Crippen LogP contribution in [0, 0.1) is 0 Å². The SMILES string of the molecule is COC(=O)C1=C([O-])CCN(C(=O)OC(C)(C)C)C1.[Na+]. The number of esters is 1.